The molecular weight excluding hydrogens is 250 g/mol. The van der Waals surface area contributed by atoms with E-state index in [0.29, 0.717) is 5.88 Å². The molecule has 0 aliphatic rings. The van der Waals surface area contributed by atoms with Crippen molar-refractivity contribution in [3.05, 3.63) is 66.0 Å². The maximum Gasteiger partial charge on any atom is 0.218 e. The highest BCUT2D eigenvalue weighted by Gasteiger charge is 2.14. The standard InChI is InChI=1S/C16H15N3O/c1-20-16-13(5-3-9-19-16)15(17)12-6-7-14-11(10-12)4-2-8-18-14/h2-10,15H,17H2,1H3. The molecule has 0 radical (unpaired) electrons. The fraction of sp³-hybridized carbons (Fsp3) is 0.125. The molecule has 0 bridgehead atoms. The summed E-state index contributed by atoms with van der Waals surface area (Å²) in [6.07, 6.45) is 3.48. The molecule has 1 aromatic carbocycles. The highest BCUT2D eigenvalue weighted by molar-refractivity contribution is 5.79. The lowest BCUT2D eigenvalue weighted by atomic mass is 9.99. The van der Waals surface area contributed by atoms with Crippen molar-refractivity contribution in [2.45, 2.75) is 6.04 Å². The van der Waals surface area contributed by atoms with Gasteiger partial charge in [-0.05, 0) is 29.8 Å². The van der Waals surface area contributed by atoms with Crippen LogP contribution in [0.3, 0.4) is 0 Å². The second-order valence-electron chi connectivity index (χ2n) is 4.54. The number of methoxy groups -OCH3 is 1. The zero-order valence-electron chi connectivity index (χ0n) is 11.2. The third-order valence-electron chi connectivity index (χ3n) is 3.32. The Morgan fingerprint density at radius 3 is 2.70 bits per heavy atom. The second-order valence-corrected chi connectivity index (χ2v) is 4.54. The Hall–Kier alpha value is -2.46. The molecule has 4 heteroatoms. The number of fused-ring (bicyclic) bond motifs is 1. The van der Waals surface area contributed by atoms with Gasteiger partial charge < -0.3 is 10.5 Å². The molecule has 20 heavy (non-hydrogen) atoms. The molecule has 2 aromatic heterocycles. The van der Waals surface area contributed by atoms with Crippen LogP contribution in [0.1, 0.15) is 17.2 Å². The quantitative estimate of drug-likeness (QED) is 0.791. The molecule has 0 saturated heterocycles. The van der Waals surface area contributed by atoms with Crippen LogP contribution in [0.4, 0.5) is 0 Å². The average molecular weight is 265 g/mol. The zero-order valence-corrected chi connectivity index (χ0v) is 11.2. The average Bonchev–Trinajstić information content (AvgIpc) is 2.53. The van der Waals surface area contributed by atoms with Crippen LogP contribution in [0.5, 0.6) is 5.88 Å². The molecule has 1 atom stereocenters. The van der Waals surface area contributed by atoms with Crippen LogP contribution in [0.2, 0.25) is 0 Å². The van der Waals surface area contributed by atoms with E-state index >= 15 is 0 Å². The van der Waals surface area contributed by atoms with Crippen LogP contribution < -0.4 is 10.5 Å². The summed E-state index contributed by atoms with van der Waals surface area (Å²) in [4.78, 5) is 8.50. The van der Waals surface area contributed by atoms with E-state index in [-0.39, 0.29) is 6.04 Å². The van der Waals surface area contributed by atoms with Crippen LogP contribution in [0, 0.1) is 0 Å². The molecule has 0 aliphatic heterocycles. The largest absolute Gasteiger partial charge is 0.481 e. The summed E-state index contributed by atoms with van der Waals surface area (Å²) in [5.41, 5.74) is 9.19. The first-order chi connectivity index (χ1) is 9.79. The van der Waals surface area contributed by atoms with Gasteiger partial charge in [0.05, 0.1) is 18.7 Å². The lowest BCUT2D eigenvalue weighted by molar-refractivity contribution is 0.390. The normalized spacial score (nSPS) is 12.3. The van der Waals surface area contributed by atoms with Gasteiger partial charge in [0.25, 0.3) is 0 Å². The van der Waals surface area contributed by atoms with Crippen molar-refractivity contribution in [3.63, 3.8) is 0 Å². The molecule has 0 amide bonds. The van der Waals surface area contributed by atoms with Crippen molar-refractivity contribution in [2.24, 2.45) is 5.73 Å². The SMILES string of the molecule is COc1ncccc1C(N)c1ccc2ncccc2c1. The van der Waals surface area contributed by atoms with Gasteiger partial charge in [-0.15, -0.1) is 0 Å². The minimum Gasteiger partial charge on any atom is -0.481 e. The molecule has 4 nitrogen and oxygen atoms in total. The Morgan fingerprint density at radius 2 is 1.85 bits per heavy atom. The summed E-state index contributed by atoms with van der Waals surface area (Å²) < 4.78 is 5.27. The summed E-state index contributed by atoms with van der Waals surface area (Å²) >= 11 is 0. The van der Waals surface area contributed by atoms with Crippen molar-refractivity contribution in [1.82, 2.24) is 9.97 Å². The molecule has 100 valence electrons. The summed E-state index contributed by atoms with van der Waals surface area (Å²) in [5.74, 6) is 0.561. The van der Waals surface area contributed by atoms with Crippen LogP contribution >= 0.6 is 0 Å². The highest BCUT2D eigenvalue weighted by Crippen LogP contribution is 2.27. The number of benzene rings is 1. The van der Waals surface area contributed by atoms with Crippen LogP contribution in [-0.4, -0.2) is 17.1 Å². The topological polar surface area (TPSA) is 61.0 Å². The second kappa shape index (κ2) is 5.27. The molecule has 0 aliphatic carbocycles. The molecule has 3 aromatic rings. The number of nitrogens with zero attached hydrogens (tertiary/aromatic N) is 2. The van der Waals surface area contributed by atoms with E-state index in [9.17, 15) is 0 Å². The van der Waals surface area contributed by atoms with Crippen molar-refractivity contribution in [2.75, 3.05) is 7.11 Å². The van der Waals surface area contributed by atoms with E-state index < -0.39 is 0 Å². The lowest BCUT2D eigenvalue weighted by Gasteiger charge is -2.15. The smallest absolute Gasteiger partial charge is 0.218 e. The van der Waals surface area contributed by atoms with E-state index in [1.165, 1.54) is 0 Å². The van der Waals surface area contributed by atoms with Crippen molar-refractivity contribution < 1.29 is 4.74 Å². The third kappa shape index (κ3) is 2.21. The molecule has 0 saturated carbocycles. The number of rotatable bonds is 3. The molecule has 3 rings (SSSR count). The van der Waals surface area contributed by atoms with E-state index in [1.54, 1.807) is 19.5 Å². The Balaban J connectivity index is 2.05. The fourth-order valence-corrected chi connectivity index (χ4v) is 2.28. The minimum absolute atomic E-state index is 0.275. The van der Waals surface area contributed by atoms with Gasteiger partial charge in [0.15, 0.2) is 0 Å². The third-order valence-corrected chi connectivity index (χ3v) is 3.32. The Kier molecular flexibility index (Phi) is 3.31. The molecule has 2 heterocycles. The van der Waals surface area contributed by atoms with Gasteiger partial charge in [0.1, 0.15) is 0 Å². The Morgan fingerprint density at radius 1 is 1.05 bits per heavy atom. The van der Waals surface area contributed by atoms with Crippen LogP contribution in [-0.2, 0) is 0 Å². The zero-order chi connectivity index (χ0) is 13.9. The molecular formula is C16H15N3O. The first kappa shape index (κ1) is 12.6. The molecule has 2 N–H and O–H groups in total. The maximum absolute atomic E-state index is 6.34. The maximum atomic E-state index is 6.34. The van der Waals surface area contributed by atoms with Gasteiger partial charge in [-0.2, -0.15) is 0 Å². The highest BCUT2D eigenvalue weighted by atomic mass is 16.5. The summed E-state index contributed by atoms with van der Waals surface area (Å²) in [5, 5.41) is 1.07. The van der Waals surface area contributed by atoms with Gasteiger partial charge in [0, 0.05) is 23.3 Å². The fourth-order valence-electron chi connectivity index (χ4n) is 2.28. The predicted molar refractivity (Wildman–Crippen MR) is 78.6 cm³/mol. The minimum atomic E-state index is -0.275. The van der Waals surface area contributed by atoms with E-state index in [4.69, 9.17) is 10.5 Å². The predicted octanol–water partition coefficient (Wildman–Crippen LogP) is 2.69. The van der Waals surface area contributed by atoms with Gasteiger partial charge in [-0.1, -0.05) is 18.2 Å². The van der Waals surface area contributed by atoms with Crippen molar-refractivity contribution in [3.8, 4) is 5.88 Å². The number of hydrogen-bond donors (Lipinski definition) is 1. The number of ether oxygens (including phenoxy) is 1. The van der Waals surface area contributed by atoms with E-state index in [2.05, 4.69) is 16.0 Å². The van der Waals surface area contributed by atoms with Gasteiger partial charge in [-0.25, -0.2) is 4.98 Å². The van der Waals surface area contributed by atoms with Gasteiger partial charge >= 0.3 is 0 Å². The Labute approximate surface area is 117 Å². The number of nitrogens with two attached hydrogens (primary N) is 1. The molecule has 0 spiro atoms. The monoisotopic (exact) mass is 265 g/mol. The van der Waals surface area contributed by atoms with Crippen molar-refractivity contribution in [1.29, 1.82) is 0 Å². The first-order valence-electron chi connectivity index (χ1n) is 6.39. The number of hydrogen-bond acceptors (Lipinski definition) is 4. The van der Waals surface area contributed by atoms with Gasteiger partial charge in [0.2, 0.25) is 5.88 Å². The van der Waals surface area contributed by atoms with Gasteiger partial charge in [-0.3, -0.25) is 4.98 Å². The lowest BCUT2D eigenvalue weighted by Crippen LogP contribution is -2.13. The molecule has 1 unspecified atom stereocenters. The molecule has 0 fully saturated rings. The number of aromatic nitrogens is 2. The van der Waals surface area contributed by atoms with Crippen LogP contribution in [0.15, 0.2) is 54.9 Å². The Bertz CT molecular complexity index is 742. The van der Waals surface area contributed by atoms with Crippen molar-refractivity contribution >= 4 is 10.9 Å². The van der Waals surface area contributed by atoms with E-state index in [1.807, 2.05) is 36.4 Å². The van der Waals surface area contributed by atoms with Crippen LogP contribution in [0.25, 0.3) is 10.9 Å². The number of pyridine rings is 2. The summed E-state index contributed by atoms with van der Waals surface area (Å²) in [6.45, 7) is 0. The first-order valence-corrected chi connectivity index (χ1v) is 6.39. The summed E-state index contributed by atoms with van der Waals surface area (Å²) in [7, 11) is 1.60. The summed E-state index contributed by atoms with van der Waals surface area (Å²) in [6, 6.07) is 13.5. The van der Waals surface area contributed by atoms with E-state index in [0.717, 1.165) is 22.0 Å².